The highest BCUT2D eigenvalue weighted by Crippen LogP contribution is 2.30. The van der Waals surface area contributed by atoms with Crippen LogP contribution < -0.4 is 5.32 Å². The largest absolute Gasteiger partial charge is 0.374 e. The van der Waals surface area contributed by atoms with E-state index < -0.39 is 0 Å². The predicted molar refractivity (Wildman–Crippen MR) is 84.9 cm³/mol. The van der Waals surface area contributed by atoms with Gasteiger partial charge in [0.05, 0.1) is 17.2 Å². The Labute approximate surface area is 125 Å². The molecule has 1 N–H and O–H groups in total. The van der Waals surface area contributed by atoms with Crippen molar-refractivity contribution in [1.82, 2.24) is 10.3 Å². The van der Waals surface area contributed by atoms with Gasteiger partial charge in [0.2, 0.25) is 0 Å². The van der Waals surface area contributed by atoms with Crippen molar-refractivity contribution in [2.75, 3.05) is 13.2 Å². The Kier molecular flexibility index (Phi) is 6.18. The second kappa shape index (κ2) is 8.15. The van der Waals surface area contributed by atoms with Crippen LogP contribution in [0.2, 0.25) is 0 Å². The van der Waals surface area contributed by atoms with E-state index in [0.29, 0.717) is 6.61 Å². The van der Waals surface area contributed by atoms with Crippen LogP contribution in [0.3, 0.4) is 0 Å². The van der Waals surface area contributed by atoms with Crippen LogP contribution >= 0.6 is 11.3 Å². The van der Waals surface area contributed by atoms with Gasteiger partial charge in [-0.3, -0.25) is 0 Å². The molecule has 2 rings (SSSR count). The average molecular weight is 290 g/mol. The maximum absolute atomic E-state index is 5.61. The second-order valence-corrected chi connectivity index (χ2v) is 5.67. The molecule has 20 heavy (non-hydrogen) atoms. The van der Waals surface area contributed by atoms with Crippen molar-refractivity contribution in [2.24, 2.45) is 0 Å². The molecule has 2 aromatic rings. The van der Waals surface area contributed by atoms with Gasteiger partial charge in [0.25, 0.3) is 0 Å². The van der Waals surface area contributed by atoms with Gasteiger partial charge in [-0.2, -0.15) is 0 Å². The Morgan fingerprint density at radius 2 is 2.00 bits per heavy atom. The average Bonchev–Trinajstić information content (AvgIpc) is 2.89. The molecule has 0 bridgehead atoms. The van der Waals surface area contributed by atoms with Crippen molar-refractivity contribution in [3.63, 3.8) is 0 Å². The van der Waals surface area contributed by atoms with Gasteiger partial charge in [0.1, 0.15) is 5.01 Å². The number of ether oxygens (including phenoxy) is 1. The van der Waals surface area contributed by atoms with Gasteiger partial charge in [0.15, 0.2) is 0 Å². The molecule has 0 atom stereocenters. The van der Waals surface area contributed by atoms with E-state index in [0.717, 1.165) is 36.8 Å². The minimum atomic E-state index is 0.616. The molecule has 0 radical (unpaired) electrons. The fourth-order valence-corrected chi connectivity index (χ4v) is 2.97. The number of rotatable bonds is 8. The number of aromatic nitrogens is 1. The van der Waals surface area contributed by atoms with Gasteiger partial charge in [0, 0.05) is 13.2 Å². The SMILES string of the molecule is CCCOCc1nc(CNCC)c(-c2ccccc2)s1. The Hall–Kier alpha value is -1.23. The number of thiazole rings is 1. The van der Waals surface area contributed by atoms with Crippen molar-refractivity contribution >= 4 is 11.3 Å². The lowest BCUT2D eigenvalue weighted by molar-refractivity contribution is 0.121. The zero-order valence-electron chi connectivity index (χ0n) is 12.2. The van der Waals surface area contributed by atoms with E-state index in [9.17, 15) is 0 Å². The Balaban J connectivity index is 2.19. The predicted octanol–water partition coefficient (Wildman–Crippen LogP) is 3.85. The van der Waals surface area contributed by atoms with Crippen LogP contribution in [0.25, 0.3) is 10.4 Å². The van der Waals surface area contributed by atoms with E-state index in [1.165, 1.54) is 10.4 Å². The summed E-state index contributed by atoms with van der Waals surface area (Å²) in [5.74, 6) is 0. The number of nitrogens with zero attached hydrogens (tertiary/aromatic N) is 1. The fraction of sp³-hybridized carbons (Fsp3) is 0.438. The van der Waals surface area contributed by atoms with E-state index >= 15 is 0 Å². The molecule has 0 aliphatic rings. The first-order valence-corrected chi connectivity index (χ1v) is 7.99. The summed E-state index contributed by atoms with van der Waals surface area (Å²) in [6, 6.07) is 10.5. The molecule has 0 saturated carbocycles. The lowest BCUT2D eigenvalue weighted by Gasteiger charge is -2.02. The molecule has 0 aliphatic heterocycles. The van der Waals surface area contributed by atoms with Crippen molar-refractivity contribution in [2.45, 2.75) is 33.4 Å². The highest BCUT2D eigenvalue weighted by Gasteiger charge is 2.12. The van der Waals surface area contributed by atoms with Crippen LogP contribution in [0.1, 0.15) is 31.0 Å². The molecule has 0 fully saturated rings. The Morgan fingerprint density at radius 3 is 2.70 bits per heavy atom. The van der Waals surface area contributed by atoms with E-state index in [2.05, 4.69) is 43.4 Å². The third-order valence-corrected chi connectivity index (χ3v) is 4.01. The molecular formula is C16H22N2OS. The molecule has 1 aromatic carbocycles. The van der Waals surface area contributed by atoms with Gasteiger partial charge in [-0.05, 0) is 18.5 Å². The summed E-state index contributed by atoms with van der Waals surface area (Å²) >= 11 is 1.74. The molecule has 4 heteroatoms. The third kappa shape index (κ3) is 4.13. The van der Waals surface area contributed by atoms with Crippen LogP contribution in [0.4, 0.5) is 0 Å². The summed E-state index contributed by atoms with van der Waals surface area (Å²) in [6.45, 7) is 7.40. The van der Waals surface area contributed by atoms with Gasteiger partial charge in [-0.1, -0.05) is 44.2 Å². The number of hydrogen-bond donors (Lipinski definition) is 1. The van der Waals surface area contributed by atoms with Crippen LogP contribution in [-0.2, 0) is 17.9 Å². The molecule has 0 saturated heterocycles. The summed E-state index contributed by atoms with van der Waals surface area (Å²) in [7, 11) is 0. The van der Waals surface area contributed by atoms with E-state index in [-0.39, 0.29) is 0 Å². The maximum Gasteiger partial charge on any atom is 0.119 e. The second-order valence-electron chi connectivity index (χ2n) is 4.58. The number of nitrogens with one attached hydrogen (secondary N) is 1. The van der Waals surface area contributed by atoms with Crippen LogP contribution in [0, 0.1) is 0 Å². The third-order valence-electron chi connectivity index (χ3n) is 2.89. The fourth-order valence-electron chi connectivity index (χ4n) is 1.94. The molecule has 0 amide bonds. The zero-order valence-corrected chi connectivity index (χ0v) is 13.0. The molecule has 0 spiro atoms. The minimum absolute atomic E-state index is 0.616. The number of hydrogen-bond acceptors (Lipinski definition) is 4. The Bertz CT molecular complexity index is 510. The molecule has 3 nitrogen and oxygen atoms in total. The summed E-state index contributed by atoms with van der Waals surface area (Å²) in [4.78, 5) is 5.98. The van der Waals surface area contributed by atoms with Crippen molar-refractivity contribution in [3.8, 4) is 10.4 Å². The molecule has 0 unspecified atom stereocenters. The Morgan fingerprint density at radius 1 is 1.20 bits per heavy atom. The summed E-state index contributed by atoms with van der Waals surface area (Å²) in [6.07, 6.45) is 1.04. The smallest absolute Gasteiger partial charge is 0.119 e. The highest BCUT2D eigenvalue weighted by atomic mass is 32.1. The molecule has 0 aliphatic carbocycles. The lowest BCUT2D eigenvalue weighted by Crippen LogP contribution is -2.12. The van der Waals surface area contributed by atoms with Crippen LogP contribution in [-0.4, -0.2) is 18.1 Å². The summed E-state index contributed by atoms with van der Waals surface area (Å²) in [5, 5.41) is 4.42. The van der Waals surface area contributed by atoms with Crippen LogP contribution in [0.15, 0.2) is 30.3 Å². The first kappa shape index (κ1) is 15.2. The first-order valence-electron chi connectivity index (χ1n) is 7.17. The van der Waals surface area contributed by atoms with Gasteiger partial charge >= 0.3 is 0 Å². The monoisotopic (exact) mass is 290 g/mol. The summed E-state index contributed by atoms with van der Waals surface area (Å²) < 4.78 is 5.61. The minimum Gasteiger partial charge on any atom is -0.374 e. The molecular weight excluding hydrogens is 268 g/mol. The van der Waals surface area contributed by atoms with E-state index in [4.69, 9.17) is 9.72 Å². The maximum atomic E-state index is 5.61. The number of benzene rings is 1. The van der Waals surface area contributed by atoms with Crippen LogP contribution in [0.5, 0.6) is 0 Å². The van der Waals surface area contributed by atoms with Crippen molar-refractivity contribution < 1.29 is 4.74 Å². The normalized spacial score (nSPS) is 10.9. The van der Waals surface area contributed by atoms with Gasteiger partial charge in [-0.25, -0.2) is 4.98 Å². The highest BCUT2D eigenvalue weighted by molar-refractivity contribution is 7.15. The topological polar surface area (TPSA) is 34.1 Å². The molecule has 1 heterocycles. The van der Waals surface area contributed by atoms with Crippen molar-refractivity contribution in [1.29, 1.82) is 0 Å². The van der Waals surface area contributed by atoms with E-state index in [1.807, 2.05) is 6.07 Å². The first-order chi connectivity index (χ1) is 9.85. The van der Waals surface area contributed by atoms with Crippen molar-refractivity contribution in [3.05, 3.63) is 41.0 Å². The molecule has 108 valence electrons. The lowest BCUT2D eigenvalue weighted by atomic mass is 10.1. The quantitative estimate of drug-likeness (QED) is 0.750. The standard InChI is InChI=1S/C16H22N2OS/c1-3-10-19-12-15-18-14(11-17-4-2)16(20-15)13-8-6-5-7-9-13/h5-9,17H,3-4,10-12H2,1-2H3. The summed E-state index contributed by atoms with van der Waals surface area (Å²) in [5.41, 5.74) is 2.36. The van der Waals surface area contributed by atoms with E-state index in [1.54, 1.807) is 11.3 Å². The zero-order chi connectivity index (χ0) is 14.2. The van der Waals surface area contributed by atoms with Gasteiger partial charge in [-0.15, -0.1) is 11.3 Å². The van der Waals surface area contributed by atoms with Gasteiger partial charge < -0.3 is 10.1 Å². The molecule has 1 aromatic heterocycles.